The van der Waals surface area contributed by atoms with Crippen LogP contribution in [0.5, 0.6) is 0 Å². The molecule has 1 atom stereocenters. The summed E-state index contributed by atoms with van der Waals surface area (Å²) < 4.78 is 0. The fraction of sp³-hybridized carbons (Fsp3) is 1.00. The van der Waals surface area contributed by atoms with E-state index in [1.807, 2.05) is 0 Å². The van der Waals surface area contributed by atoms with Gasteiger partial charge in [0.05, 0.1) is 0 Å². The lowest BCUT2D eigenvalue weighted by atomic mass is 9.95. The molecule has 2 nitrogen and oxygen atoms in total. The number of nitrogens with one attached hydrogen (secondary N) is 1. The predicted molar refractivity (Wildman–Crippen MR) is 69.6 cm³/mol. The third-order valence-electron chi connectivity index (χ3n) is 4.33. The zero-order chi connectivity index (χ0) is 11.4. The summed E-state index contributed by atoms with van der Waals surface area (Å²) in [6.07, 6.45) is 7.27. The molecule has 94 valence electrons. The Kier molecular flexibility index (Phi) is 4.66. The third kappa shape index (κ3) is 3.74. The van der Waals surface area contributed by atoms with Crippen LogP contribution in [0.4, 0.5) is 0 Å². The van der Waals surface area contributed by atoms with Gasteiger partial charge in [-0.05, 0) is 64.2 Å². The maximum Gasteiger partial charge on any atom is 0.00695 e. The lowest BCUT2D eigenvalue weighted by molar-refractivity contribution is 0.131. The Labute approximate surface area is 101 Å². The first kappa shape index (κ1) is 12.4. The lowest BCUT2D eigenvalue weighted by Gasteiger charge is -2.36. The van der Waals surface area contributed by atoms with E-state index in [9.17, 15) is 0 Å². The Morgan fingerprint density at radius 3 is 2.38 bits per heavy atom. The number of hydrogen-bond donors (Lipinski definition) is 1. The summed E-state index contributed by atoms with van der Waals surface area (Å²) in [4.78, 5) is 2.72. The molecule has 0 amide bonds. The fourth-order valence-electron chi connectivity index (χ4n) is 2.93. The molecule has 1 N–H and O–H groups in total. The van der Waals surface area contributed by atoms with Gasteiger partial charge in [-0.25, -0.2) is 0 Å². The van der Waals surface area contributed by atoms with Crippen LogP contribution in [0.1, 0.15) is 46.0 Å². The van der Waals surface area contributed by atoms with Gasteiger partial charge in [-0.3, -0.25) is 0 Å². The highest BCUT2D eigenvalue weighted by atomic mass is 15.2. The molecule has 1 saturated heterocycles. The van der Waals surface area contributed by atoms with Crippen LogP contribution in [0.2, 0.25) is 0 Å². The molecule has 1 heterocycles. The van der Waals surface area contributed by atoms with Gasteiger partial charge >= 0.3 is 0 Å². The van der Waals surface area contributed by atoms with Gasteiger partial charge in [-0.2, -0.15) is 0 Å². The first-order valence-electron chi connectivity index (χ1n) is 7.24. The maximum absolute atomic E-state index is 3.49. The van der Waals surface area contributed by atoms with Crippen molar-refractivity contribution in [3.8, 4) is 0 Å². The number of hydrogen-bond acceptors (Lipinski definition) is 2. The van der Waals surface area contributed by atoms with Gasteiger partial charge in [0.15, 0.2) is 0 Å². The molecule has 0 bridgehead atoms. The molecule has 1 unspecified atom stereocenters. The highest BCUT2D eigenvalue weighted by molar-refractivity contribution is 4.82. The maximum atomic E-state index is 3.49. The smallest absolute Gasteiger partial charge is 0.00695 e. The fourth-order valence-corrected chi connectivity index (χ4v) is 2.93. The second-order valence-electron chi connectivity index (χ2n) is 5.82. The molecular weight excluding hydrogens is 196 g/mol. The molecule has 1 aliphatic heterocycles. The standard InChI is InChI=1S/C14H28N2/c1-3-15-11-14-6-8-16(9-7-14)12(2)10-13-4-5-13/h12-15H,3-11H2,1-2H3. The number of nitrogens with zero attached hydrogens (tertiary/aromatic N) is 1. The van der Waals surface area contributed by atoms with Crippen LogP contribution in [0, 0.1) is 11.8 Å². The van der Waals surface area contributed by atoms with Gasteiger partial charge < -0.3 is 10.2 Å². The molecule has 2 aliphatic rings. The average Bonchev–Trinajstić information content (AvgIpc) is 3.11. The number of piperidine rings is 1. The highest BCUT2D eigenvalue weighted by Crippen LogP contribution is 2.35. The highest BCUT2D eigenvalue weighted by Gasteiger charge is 2.28. The predicted octanol–water partition coefficient (Wildman–Crippen LogP) is 2.50. The molecule has 16 heavy (non-hydrogen) atoms. The van der Waals surface area contributed by atoms with E-state index in [-0.39, 0.29) is 0 Å². The van der Waals surface area contributed by atoms with Gasteiger partial charge in [-0.1, -0.05) is 19.8 Å². The van der Waals surface area contributed by atoms with E-state index < -0.39 is 0 Å². The van der Waals surface area contributed by atoms with Crippen LogP contribution in [0.15, 0.2) is 0 Å². The minimum absolute atomic E-state index is 0.840. The van der Waals surface area contributed by atoms with Crippen LogP contribution in [-0.2, 0) is 0 Å². The van der Waals surface area contributed by atoms with Crippen LogP contribution >= 0.6 is 0 Å². The minimum Gasteiger partial charge on any atom is -0.317 e. The van der Waals surface area contributed by atoms with Crippen LogP contribution in [0.3, 0.4) is 0 Å². The van der Waals surface area contributed by atoms with Gasteiger partial charge in [0.2, 0.25) is 0 Å². The summed E-state index contributed by atoms with van der Waals surface area (Å²) in [5.41, 5.74) is 0. The lowest BCUT2D eigenvalue weighted by Crippen LogP contribution is -2.42. The third-order valence-corrected chi connectivity index (χ3v) is 4.33. The molecular formula is C14H28N2. The van der Waals surface area contributed by atoms with Gasteiger partial charge in [-0.15, -0.1) is 0 Å². The van der Waals surface area contributed by atoms with Crippen LogP contribution in [-0.4, -0.2) is 37.1 Å². The van der Waals surface area contributed by atoms with E-state index in [2.05, 4.69) is 24.1 Å². The molecule has 0 aromatic heterocycles. The molecule has 2 fully saturated rings. The summed E-state index contributed by atoms with van der Waals surface area (Å²) in [6, 6.07) is 0.840. The SMILES string of the molecule is CCNCC1CCN(C(C)CC2CC2)CC1. The topological polar surface area (TPSA) is 15.3 Å². The number of rotatable bonds is 6. The zero-order valence-electron chi connectivity index (χ0n) is 11.0. The second-order valence-corrected chi connectivity index (χ2v) is 5.82. The van der Waals surface area contributed by atoms with Crippen LogP contribution in [0.25, 0.3) is 0 Å². The van der Waals surface area contributed by atoms with Crippen molar-refractivity contribution in [2.75, 3.05) is 26.2 Å². The van der Waals surface area contributed by atoms with Gasteiger partial charge in [0.25, 0.3) is 0 Å². The largest absolute Gasteiger partial charge is 0.317 e. The molecule has 0 radical (unpaired) electrons. The van der Waals surface area contributed by atoms with Crippen LogP contribution < -0.4 is 5.32 Å². The first-order chi connectivity index (χ1) is 7.79. The molecule has 2 heteroatoms. The van der Waals surface area contributed by atoms with Crippen molar-refractivity contribution in [1.29, 1.82) is 0 Å². The summed E-state index contributed by atoms with van der Waals surface area (Å²) in [7, 11) is 0. The van der Waals surface area contributed by atoms with E-state index in [0.717, 1.165) is 24.4 Å². The number of likely N-dealkylation sites (tertiary alicyclic amines) is 1. The molecule has 2 rings (SSSR count). The summed E-state index contributed by atoms with van der Waals surface area (Å²) in [5, 5.41) is 3.49. The van der Waals surface area contributed by atoms with Crippen molar-refractivity contribution < 1.29 is 0 Å². The van der Waals surface area contributed by atoms with Crippen molar-refractivity contribution >= 4 is 0 Å². The summed E-state index contributed by atoms with van der Waals surface area (Å²) in [6.45, 7) is 9.67. The van der Waals surface area contributed by atoms with E-state index in [1.54, 1.807) is 0 Å². The molecule has 0 aromatic rings. The van der Waals surface area contributed by atoms with E-state index in [1.165, 1.54) is 51.7 Å². The van der Waals surface area contributed by atoms with E-state index in [0.29, 0.717) is 0 Å². The van der Waals surface area contributed by atoms with Gasteiger partial charge in [0, 0.05) is 6.04 Å². The zero-order valence-corrected chi connectivity index (χ0v) is 11.0. The van der Waals surface area contributed by atoms with Crippen molar-refractivity contribution in [3.05, 3.63) is 0 Å². The Balaban J connectivity index is 1.63. The van der Waals surface area contributed by atoms with Gasteiger partial charge in [0.1, 0.15) is 0 Å². The summed E-state index contributed by atoms with van der Waals surface area (Å²) >= 11 is 0. The first-order valence-corrected chi connectivity index (χ1v) is 7.24. The van der Waals surface area contributed by atoms with Crippen molar-refractivity contribution in [2.24, 2.45) is 11.8 Å². The average molecular weight is 224 g/mol. The van der Waals surface area contributed by atoms with E-state index in [4.69, 9.17) is 0 Å². The molecule has 0 aromatic carbocycles. The quantitative estimate of drug-likeness (QED) is 0.746. The summed E-state index contributed by atoms with van der Waals surface area (Å²) in [5.74, 6) is 2.01. The van der Waals surface area contributed by atoms with Crippen molar-refractivity contribution in [2.45, 2.75) is 52.0 Å². The minimum atomic E-state index is 0.840. The second kappa shape index (κ2) is 6.02. The molecule has 1 aliphatic carbocycles. The Morgan fingerprint density at radius 1 is 1.12 bits per heavy atom. The molecule has 0 spiro atoms. The van der Waals surface area contributed by atoms with Crippen molar-refractivity contribution in [3.63, 3.8) is 0 Å². The monoisotopic (exact) mass is 224 g/mol. The Hall–Kier alpha value is -0.0800. The Bertz CT molecular complexity index is 193. The normalized spacial score (nSPS) is 25.9. The van der Waals surface area contributed by atoms with Crippen molar-refractivity contribution in [1.82, 2.24) is 10.2 Å². The Morgan fingerprint density at radius 2 is 1.81 bits per heavy atom. The molecule has 1 saturated carbocycles. The van der Waals surface area contributed by atoms with E-state index >= 15 is 0 Å².